The van der Waals surface area contributed by atoms with Crippen LogP contribution in [0.1, 0.15) is 58.9 Å². The summed E-state index contributed by atoms with van der Waals surface area (Å²) in [5, 5.41) is 15.9. The first kappa shape index (κ1) is 26.0. The molecule has 0 saturated heterocycles. The molecule has 37 heavy (non-hydrogen) atoms. The SMILES string of the molecule is CCc1ccc(C(=O)NC2CCC(NC(=O)c3cc(F)cnc3Oc3ccc(F)c(F)c3)CC2)c(O)c1. The summed E-state index contributed by atoms with van der Waals surface area (Å²) in [4.78, 5) is 29.3. The molecule has 0 radical (unpaired) electrons. The number of hydrogen-bond acceptors (Lipinski definition) is 5. The zero-order valence-corrected chi connectivity index (χ0v) is 20.1. The van der Waals surface area contributed by atoms with Crippen molar-refractivity contribution in [2.24, 2.45) is 0 Å². The van der Waals surface area contributed by atoms with Crippen LogP contribution < -0.4 is 15.4 Å². The van der Waals surface area contributed by atoms with Gasteiger partial charge < -0.3 is 20.5 Å². The fourth-order valence-electron chi connectivity index (χ4n) is 4.22. The van der Waals surface area contributed by atoms with Crippen molar-refractivity contribution in [3.05, 3.63) is 82.8 Å². The number of benzene rings is 2. The summed E-state index contributed by atoms with van der Waals surface area (Å²) < 4.78 is 46.0. The maximum Gasteiger partial charge on any atom is 0.257 e. The quantitative estimate of drug-likeness (QED) is 0.412. The van der Waals surface area contributed by atoms with Gasteiger partial charge in [-0.1, -0.05) is 13.0 Å². The molecule has 2 amide bonds. The number of phenols is 1. The van der Waals surface area contributed by atoms with Gasteiger partial charge in [-0.15, -0.1) is 0 Å². The number of phenolic OH excluding ortho intramolecular Hbond substituents is 1. The van der Waals surface area contributed by atoms with Crippen LogP contribution in [0, 0.1) is 17.5 Å². The van der Waals surface area contributed by atoms with E-state index in [0.29, 0.717) is 25.7 Å². The highest BCUT2D eigenvalue weighted by atomic mass is 19.2. The third kappa shape index (κ3) is 6.38. The number of ether oxygens (including phenoxy) is 1. The van der Waals surface area contributed by atoms with E-state index in [2.05, 4.69) is 15.6 Å². The number of pyridine rings is 1. The first-order chi connectivity index (χ1) is 17.7. The summed E-state index contributed by atoms with van der Waals surface area (Å²) in [7, 11) is 0. The van der Waals surface area contributed by atoms with Crippen LogP contribution in [0.15, 0.2) is 48.7 Å². The summed E-state index contributed by atoms with van der Waals surface area (Å²) in [6.07, 6.45) is 3.88. The molecule has 7 nitrogen and oxygen atoms in total. The van der Waals surface area contributed by atoms with E-state index in [-0.39, 0.29) is 46.5 Å². The number of amides is 2. The summed E-state index contributed by atoms with van der Waals surface area (Å²) in [6, 6.07) is 8.40. The number of hydrogen-bond donors (Lipinski definition) is 3. The largest absolute Gasteiger partial charge is 0.507 e. The lowest BCUT2D eigenvalue weighted by Gasteiger charge is -2.30. The zero-order valence-electron chi connectivity index (χ0n) is 20.1. The number of carbonyl (C=O) groups is 2. The highest BCUT2D eigenvalue weighted by Gasteiger charge is 2.26. The molecule has 0 spiro atoms. The lowest BCUT2D eigenvalue weighted by atomic mass is 9.90. The van der Waals surface area contributed by atoms with Gasteiger partial charge in [-0.2, -0.15) is 0 Å². The molecule has 4 rings (SSSR count). The van der Waals surface area contributed by atoms with Crippen molar-refractivity contribution in [3.63, 3.8) is 0 Å². The highest BCUT2D eigenvalue weighted by molar-refractivity contribution is 5.97. The van der Waals surface area contributed by atoms with E-state index < -0.39 is 23.4 Å². The second-order valence-corrected chi connectivity index (χ2v) is 8.88. The van der Waals surface area contributed by atoms with Crippen LogP contribution in [0.3, 0.4) is 0 Å². The Labute approximate surface area is 211 Å². The first-order valence-electron chi connectivity index (χ1n) is 12.0. The van der Waals surface area contributed by atoms with Crippen molar-refractivity contribution in [1.82, 2.24) is 15.6 Å². The van der Waals surface area contributed by atoms with Crippen LogP contribution in [0.25, 0.3) is 0 Å². The normalized spacial score (nSPS) is 17.2. The number of aryl methyl sites for hydroxylation is 1. The Morgan fingerprint density at radius 1 is 0.919 bits per heavy atom. The number of nitrogens with one attached hydrogen (secondary N) is 2. The zero-order chi connectivity index (χ0) is 26.5. The number of aromatic nitrogens is 1. The minimum atomic E-state index is -1.14. The molecule has 1 fully saturated rings. The maximum atomic E-state index is 13.9. The van der Waals surface area contributed by atoms with Crippen molar-refractivity contribution in [1.29, 1.82) is 0 Å². The van der Waals surface area contributed by atoms with Gasteiger partial charge in [0.15, 0.2) is 11.6 Å². The fraction of sp³-hybridized carbons (Fsp3) is 0.296. The Bertz CT molecular complexity index is 1310. The van der Waals surface area contributed by atoms with Crippen molar-refractivity contribution in [2.45, 2.75) is 51.1 Å². The van der Waals surface area contributed by atoms with E-state index in [1.807, 2.05) is 6.92 Å². The molecule has 3 N–H and O–H groups in total. The van der Waals surface area contributed by atoms with Crippen LogP contribution >= 0.6 is 0 Å². The van der Waals surface area contributed by atoms with Gasteiger partial charge in [0.25, 0.3) is 11.8 Å². The molecule has 10 heteroatoms. The third-order valence-corrected chi connectivity index (χ3v) is 6.28. The third-order valence-electron chi connectivity index (χ3n) is 6.28. The number of aromatic hydroxyl groups is 1. The van der Waals surface area contributed by atoms with Crippen LogP contribution in [0.2, 0.25) is 0 Å². The molecule has 1 aromatic heterocycles. The van der Waals surface area contributed by atoms with Gasteiger partial charge in [-0.25, -0.2) is 18.2 Å². The Kier molecular flexibility index (Phi) is 7.95. The Balaban J connectivity index is 1.35. The van der Waals surface area contributed by atoms with E-state index in [1.165, 1.54) is 6.07 Å². The molecular weight excluding hydrogens is 487 g/mol. The summed E-state index contributed by atoms with van der Waals surface area (Å²) in [5.74, 6) is -4.36. The first-order valence-corrected chi connectivity index (χ1v) is 12.0. The standard InChI is InChI=1S/C27H26F3N3O4/c1-2-15-3-9-20(24(34)11-15)25(35)32-17-4-6-18(7-5-17)33-26(36)21-12-16(28)14-31-27(21)37-19-8-10-22(29)23(30)13-19/h3,8-14,17-18,34H,2,4-7H2,1H3,(H,32,35)(H,33,36). The van der Waals surface area contributed by atoms with Crippen molar-refractivity contribution in [2.75, 3.05) is 0 Å². The number of carbonyl (C=O) groups excluding carboxylic acids is 2. The molecule has 3 aromatic rings. The van der Waals surface area contributed by atoms with E-state index in [4.69, 9.17) is 4.74 Å². The molecular formula is C27H26F3N3O4. The van der Waals surface area contributed by atoms with Crippen molar-refractivity contribution >= 4 is 11.8 Å². The van der Waals surface area contributed by atoms with Crippen LogP contribution in [-0.4, -0.2) is 34.0 Å². The lowest BCUT2D eigenvalue weighted by molar-refractivity contribution is 0.0888. The Hall–Kier alpha value is -4.08. The maximum absolute atomic E-state index is 13.9. The van der Waals surface area contributed by atoms with E-state index >= 15 is 0 Å². The molecule has 1 saturated carbocycles. The van der Waals surface area contributed by atoms with E-state index in [9.17, 15) is 27.9 Å². The molecule has 1 aliphatic rings. The minimum absolute atomic E-state index is 0.0668. The van der Waals surface area contributed by atoms with E-state index in [0.717, 1.165) is 36.4 Å². The summed E-state index contributed by atoms with van der Waals surface area (Å²) >= 11 is 0. The highest BCUT2D eigenvalue weighted by Crippen LogP contribution is 2.27. The van der Waals surface area contributed by atoms with E-state index in [1.54, 1.807) is 18.2 Å². The van der Waals surface area contributed by atoms with Crippen molar-refractivity contribution < 1.29 is 32.6 Å². The fourth-order valence-corrected chi connectivity index (χ4v) is 4.22. The lowest BCUT2D eigenvalue weighted by Crippen LogP contribution is -2.43. The molecule has 0 bridgehead atoms. The average Bonchev–Trinajstić information content (AvgIpc) is 2.88. The number of halogens is 3. The summed E-state index contributed by atoms with van der Waals surface area (Å²) in [6.45, 7) is 1.96. The molecule has 0 aliphatic heterocycles. The van der Waals surface area contributed by atoms with Crippen molar-refractivity contribution in [3.8, 4) is 17.4 Å². The van der Waals surface area contributed by atoms with Gasteiger partial charge in [0, 0.05) is 18.2 Å². The smallest absolute Gasteiger partial charge is 0.257 e. The second kappa shape index (κ2) is 11.3. The molecule has 2 aromatic carbocycles. The second-order valence-electron chi connectivity index (χ2n) is 8.88. The average molecular weight is 514 g/mol. The van der Waals surface area contributed by atoms with Gasteiger partial charge in [0.05, 0.1) is 11.8 Å². The molecule has 1 aliphatic carbocycles. The van der Waals surface area contributed by atoms with Gasteiger partial charge in [0.1, 0.15) is 22.9 Å². The molecule has 1 heterocycles. The van der Waals surface area contributed by atoms with Gasteiger partial charge in [-0.05, 0) is 68.0 Å². The Morgan fingerprint density at radius 2 is 1.57 bits per heavy atom. The van der Waals surface area contributed by atoms with Crippen LogP contribution in [0.4, 0.5) is 13.2 Å². The molecule has 0 unspecified atom stereocenters. The number of rotatable bonds is 7. The number of nitrogens with zero attached hydrogens (tertiary/aromatic N) is 1. The predicted octanol–water partition coefficient (Wildman–Crippen LogP) is 5.03. The monoisotopic (exact) mass is 513 g/mol. The van der Waals surface area contributed by atoms with Gasteiger partial charge in [0.2, 0.25) is 5.88 Å². The minimum Gasteiger partial charge on any atom is -0.507 e. The predicted molar refractivity (Wildman–Crippen MR) is 129 cm³/mol. The van der Waals surface area contributed by atoms with Gasteiger partial charge in [-0.3, -0.25) is 9.59 Å². The molecule has 194 valence electrons. The van der Waals surface area contributed by atoms with Gasteiger partial charge >= 0.3 is 0 Å². The van der Waals surface area contributed by atoms with Crippen LogP contribution in [0.5, 0.6) is 17.4 Å². The molecule has 0 atom stereocenters. The summed E-state index contributed by atoms with van der Waals surface area (Å²) in [5.41, 5.74) is 0.947. The topological polar surface area (TPSA) is 101 Å². The Morgan fingerprint density at radius 3 is 2.16 bits per heavy atom. The van der Waals surface area contributed by atoms with Crippen LogP contribution in [-0.2, 0) is 6.42 Å².